The van der Waals surface area contributed by atoms with Gasteiger partial charge in [-0.1, -0.05) is 36.4 Å². The lowest BCUT2D eigenvalue weighted by Crippen LogP contribution is -2.20. The van der Waals surface area contributed by atoms with Gasteiger partial charge in [0.05, 0.1) is 18.1 Å². The van der Waals surface area contributed by atoms with Gasteiger partial charge in [-0.15, -0.1) is 0 Å². The molecule has 4 heteroatoms. The van der Waals surface area contributed by atoms with E-state index in [1.54, 1.807) is 44.2 Å². The van der Waals surface area contributed by atoms with Gasteiger partial charge in [-0.3, -0.25) is 4.79 Å². The van der Waals surface area contributed by atoms with E-state index in [1.165, 1.54) is 6.07 Å². The molecule has 22 heavy (non-hydrogen) atoms. The maximum absolute atomic E-state index is 12.8. The van der Waals surface area contributed by atoms with E-state index in [0.717, 1.165) is 5.56 Å². The van der Waals surface area contributed by atoms with Gasteiger partial charge < -0.3 is 10.2 Å². The highest BCUT2D eigenvalue weighted by atomic mass is 16.4. The number of carboxylic acids is 1. The molecule has 2 rings (SSSR count). The monoisotopic (exact) mass is 298 g/mol. The second kappa shape index (κ2) is 6.54. The predicted molar refractivity (Wildman–Crippen MR) is 83.5 cm³/mol. The van der Waals surface area contributed by atoms with Crippen molar-refractivity contribution in [3.05, 3.63) is 70.3 Å². The van der Waals surface area contributed by atoms with Crippen LogP contribution in [-0.4, -0.2) is 28.6 Å². The Bertz CT molecular complexity index is 705. The van der Waals surface area contributed by atoms with Crippen molar-refractivity contribution in [2.24, 2.45) is 0 Å². The SMILES string of the molecule is Cc1ccc(C(=O)O)c(C)c1C(=O)C(CO)c1ccccc1. The van der Waals surface area contributed by atoms with Crippen molar-refractivity contribution in [3.8, 4) is 0 Å². The first kappa shape index (κ1) is 15.9. The number of carbonyl (C=O) groups is 2. The lowest BCUT2D eigenvalue weighted by atomic mass is 9.86. The van der Waals surface area contributed by atoms with Crippen molar-refractivity contribution in [2.45, 2.75) is 19.8 Å². The number of benzene rings is 2. The van der Waals surface area contributed by atoms with Crippen LogP contribution in [0.15, 0.2) is 42.5 Å². The molecule has 2 N–H and O–H groups in total. The Balaban J connectivity index is 2.53. The summed E-state index contributed by atoms with van der Waals surface area (Å²) in [6.07, 6.45) is 0. The van der Waals surface area contributed by atoms with Crippen molar-refractivity contribution < 1.29 is 19.8 Å². The van der Waals surface area contributed by atoms with Gasteiger partial charge in [0, 0.05) is 5.56 Å². The Kier molecular flexibility index (Phi) is 4.73. The van der Waals surface area contributed by atoms with Crippen LogP contribution < -0.4 is 0 Å². The lowest BCUT2D eigenvalue weighted by Gasteiger charge is -2.18. The van der Waals surface area contributed by atoms with Gasteiger partial charge in [0.1, 0.15) is 0 Å². The highest BCUT2D eigenvalue weighted by Crippen LogP contribution is 2.26. The molecule has 0 aliphatic rings. The zero-order chi connectivity index (χ0) is 16.3. The van der Waals surface area contributed by atoms with Crippen LogP contribution >= 0.6 is 0 Å². The van der Waals surface area contributed by atoms with Crippen molar-refractivity contribution >= 4 is 11.8 Å². The van der Waals surface area contributed by atoms with Crippen LogP contribution in [0.3, 0.4) is 0 Å². The third-order valence-corrected chi connectivity index (χ3v) is 3.85. The molecule has 1 unspecified atom stereocenters. The van der Waals surface area contributed by atoms with E-state index >= 15 is 0 Å². The second-order valence-corrected chi connectivity index (χ2v) is 5.25. The summed E-state index contributed by atoms with van der Waals surface area (Å²) in [4.78, 5) is 24.1. The minimum atomic E-state index is -1.06. The Morgan fingerprint density at radius 2 is 1.68 bits per heavy atom. The Morgan fingerprint density at radius 3 is 2.23 bits per heavy atom. The van der Waals surface area contributed by atoms with Crippen LogP contribution in [0.4, 0.5) is 0 Å². The summed E-state index contributed by atoms with van der Waals surface area (Å²) in [5, 5.41) is 18.8. The fraction of sp³-hybridized carbons (Fsp3) is 0.222. The molecule has 0 aliphatic carbocycles. The maximum Gasteiger partial charge on any atom is 0.335 e. The summed E-state index contributed by atoms with van der Waals surface area (Å²) < 4.78 is 0. The van der Waals surface area contributed by atoms with Crippen molar-refractivity contribution in [1.82, 2.24) is 0 Å². The summed E-state index contributed by atoms with van der Waals surface area (Å²) >= 11 is 0. The van der Waals surface area contributed by atoms with Crippen LogP contribution in [0.25, 0.3) is 0 Å². The minimum Gasteiger partial charge on any atom is -0.478 e. The summed E-state index contributed by atoms with van der Waals surface area (Å²) in [7, 11) is 0. The quantitative estimate of drug-likeness (QED) is 0.832. The first-order chi connectivity index (χ1) is 10.5. The van der Waals surface area contributed by atoms with Gasteiger partial charge in [-0.05, 0) is 36.6 Å². The zero-order valence-electron chi connectivity index (χ0n) is 12.5. The molecule has 0 saturated carbocycles. The molecule has 1 atom stereocenters. The number of hydrogen-bond donors (Lipinski definition) is 2. The molecule has 4 nitrogen and oxygen atoms in total. The fourth-order valence-electron chi connectivity index (χ4n) is 2.66. The molecule has 0 saturated heterocycles. The average Bonchev–Trinajstić information content (AvgIpc) is 2.48. The minimum absolute atomic E-state index is 0.110. The molecule has 0 bridgehead atoms. The molecule has 0 spiro atoms. The lowest BCUT2D eigenvalue weighted by molar-refractivity contribution is 0.0696. The third-order valence-electron chi connectivity index (χ3n) is 3.85. The Labute approximate surface area is 129 Å². The average molecular weight is 298 g/mol. The van der Waals surface area contributed by atoms with Crippen LogP contribution in [0.2, 0.25) is 0 Å². The van der Waals surface area contributed by atoms with Crippen molar-refractivity contribution in [3.63, 3.8) is 0 Å². The molecule has 0 radical (unpaired) electrons. The van der Waals surface area contributed by atoms with Crippen LogP contribution in [0.1, 0.15) is 43.3 Å². The number of aliphatic hydroxyl groups is 1. The highest BCUT2D eigenvalue weighted by molar-refractivity contribution is 6.05. The van der Waals surface area contributed by atoms with E-state index in [0.29, 0.717) is 16.7 Å². The van der Waals surface area contributed by atoms with Gasteiger partial charge in [0.2, 0.25) is 0 Å². The molecular formula is C18H18O4. The number of rotatable bonds is 5. The van der Waals surface area contributed by atoms with Gasteiger partial charge in [-0.25, -0.2) is 4.79 Å². The zero-order valence-corrected chi connectivity index (χ0v) is 12.5. The molecule has 0 heterocycles. The number of carbonyl (C=O) groups excluding carboxylic acids is 1. The van der Waals surface area contributed by atoms with Crippen molar-refractivity contribution in [2.75, 3.05) is 6.61 Å². The van der Waals surface area contributed by atoms with Crippen LogP contribution in [0, 0.1) is 13.8 Å². The number of aliphatic hydroxyl groups excluding tert-OH is 1. The first-order valence-corrected chi connectivity index (χ1v) is 7.01. The summed E-state index contributed by atoms with van der Waals surface area (Å²) in [6.45, 7) is 3.08. The molecule has 2 aromatic rings. The largest absolute Gasteiger partial charge is 0.478 e. The normalized spacial score (nSPS) is 12.0. The summed E-state index contributed by atoms with van der Waals surface area (Å²) in [6, 6.07) is 12.1. The number of aromatic carboxylic acids is 1. The smallest absolute Gasteiger partial charge is 0.335 e. The van der Waals surface area contributed by atoms with Crippen LogP contribution in [-0.2, 0) is 0 Å². The molecule has 0 aromatic heterocycles. The molecule has 0 aliphatic heterocycles. The van der Waals surface area contributed by atoms with Gasteiger partial charge >= 0.3 is 5.97 Å². The van der Waals surface area contributed by atoms with E-state index in [4.69, 9.17) is 0 Å². The summed E-state index contributed by atoms with van der Waals surface area (Å²) in [5.74, 6) is -2.01. The molecule has 0 fully saturated rings. The van der Waals surface area contributed by atoms with E-state index in [1.807, 2.05) is 6.07 Å². The maximum atomic E-state index is 12.8. The molecule has 114 valence electrons. The second-order valence-electron chi connectivity index (χ2n) is 5.25. The number of Topliss-reactive ketones (excluding diaryl/α,β-unsaturated/α-hetero) is 1. The van der Waals surface area contributed by atoms with E-state index in [9.17, 15) is 19.8 Å². The van der Waals surface area contributed by atoms with E-state index in [2.05, 4.69) is 0 Å². The number of hydrogen-bond acceptors (Lipinski definition) is 3. The van der Waals surface area contributed by atoms with Crippen LogP contribution in [0.5, 0.6) is 0 Å². The number of ketones is 1. The third kappa shape index (κ3) is 2.92. The Hall–Kier alpha value is -2.46. The van der Waals surface area contributed by atoms with E-state index < -0.39 is 11.9 Å². The number of carboxylic acid groups (broad SMARTS) is 1. The van der Waals surface area contributed by atoms with Gasteiger partial charge in [0.25, 0.3) is 0 Å². The van der Waals surface area contributed by atoms with Crippen molar-refractivity contribution in [1.29, 1.82) is 0 Å². The number of aryl methyl sites for hydroxylation is 1. The summed E-state index contributed by atoms with van der Waals surface area (Å²) in [5.41, 5.74) is 2.35. The fourth-order valence-corrected chi connectivity index (χ4v) is 2.66. The van der Waals surface area contributed by atoms with E-state index in [-0.39, 0.29) is 18.0 Å². The standard InChI is InChI=1S/C18H18O4/c1-11-8-9-14(18(21)22)12(2)16(11)17(20)15(10-19)13-6-4-3-5-7-13/h3-9,15,19H,10H2,1-2H3,(H,21,22). The molecule has 2 aromatic carbocycles. The van der Waals surface area contributed by atoms with Gasteiger partial charge in [-0.2, -0.15) is 0 Å². The first-order valence-electron chi connectivity index (χ1n) is 7.01. The molecule has 0 amide bonds. The van der Waals surface area contributed by atoms with Gasteiger partial charge in [0.15, 0.2) is 5.78 Å². The molecular weight excluding hydrogens is 280 g/mol. The Morgan fingerprint density at radius 1 is 1.05 bits per heavy atom. The topological polar surface area (TPSA) is 74.6 Å². The highest BCUT2D eigenvalue weighted by Gasteiger charge is 2.25. The predicted octanol–water partition coefficient (Wildman–Crippen LogP) is 2.96.